The van der Waals surface area contributed by atoms with Gasteiger partial charge in [-0.25, -0.2) is 0 Å². The summed E-state index contributed by atoms with van der Waals surface area (Å²) in [5.41, 5.74) is 0. The van der Waals surface area contributed by atoms with Crippen LogP contribution in [0.5, 0.6) is 0 Å². The second-order valence-corrected chi connectivity index (χ2v) is 4.95. The summed E-state index contributed by atoms with van der Waals surface area (Å²) < 4.78 is 0. The van der Waals surface area contributed by atoms with Crippen LogP contribution in [-0.4, -0.2) is 0 Å². The van der Waals surface area contributed by atoms with Crippen molar-refractivity contribution in [1.82, 2.24) is 0 Å². The lowest BCUT2D eigenvalue weighted by atomic mass is 9.60. The van der Waals surface area contributed by atoms with Crippen molar-refractivity contribution >= 4 is 0 Å². The Morgan fingerprint density at radius 3 is 1.50 bits per heavy atom. The molecule has 3 aliphatic rings. The van der Waals surface area contributed by atoms with E-state index in [0.29, 0.717) is 0 Å². The number of allylic oxidation sites excluding steroid dienone is 4. The van der Waals surface area contributed by atoms with E-state index in [0.717, 1.165) is 23.7 Å². The molecule has 0 spiro atoms. The van der Waals surface area contributed by atoms with Crippen molar-refractivity contribution in [3.8, 4) is 0 Å². The molecule has 0 heterocycles. The number of fused-ring (bicyclic) bond motifs is 3. The predicted molar refractivity (Wildman–Crippen MR) is 62.1 cm³/mol. The summed E-state index contributed by atoms with van der Waals surface area (Å²) in [6, 6.07) is 0. The summed E-state index contributed by atoms with van der Waals surface area (Å²) in [6.45, 7) is 4.32. The van der Waals surface area contributed by atoms with E-state index < -0.39 is 0 Å². The van der Waals surface area contributed by atoms with Gasteiger partial charge in [-0.05, 0) is 63.2 Å². The second-order valence-electron chi connectivity index (χ2n) is 4.95. The van der Waals surface area contributed by atoms with Gasteiger partial charge in [0.15, 0.2) is 0 Å². The SMILES string of the molecule is C/C=C/C1CC2CCC1CC2/C=C/C. The summed E-state index contributed by atoms with van der Waals surface area (Å²) in [5.74, 6) is 3.77. The Bertz CT molecular complexity index is 210. The van der Waals surface area contributed by atoms with Gasteiger partial charge in [0.25, 0.3) is 0 Å². The molecule has 14 heavy (non-hydrogen) atoms. The Morgan fingerprint density at radius 2 is 1.21 bits per heavy atom. The number of hydrogen-bond acceptors (Lipinski definition) is 0. The minimum atomic E-state index is 0.903. The third kappa shape index (κ3) is 1.80. The molecular weight excluding hydrogens is 168 g/mol. The smallest absolute Gasteiger partial charge is 0.0202 e. The number of hydrogen-bond donors (Lipinski definition) is 0. The van der Waals surface area contributed by atoms with Gasteiger partial charge in [-0.1, -0.05) is 24.3 Å². The fourth-order valence-corrected chi connectivity index (χ4v) is 3.49. The van der Waals surface area contributed by atoms with Gasteiger partial charge in [0.1, 0.15) is 0 Å². The molecule has 3 aliphatic carbocycles. The van der Waals surface area contributed by atoms with Crippen molar-refractivity contribution < 1.29 is 0 Å². The summed E-state index contributed by atoms with van der Waals surface area (Å²) in [4.78, 5) is 0. The van der Waals surface area contributed by atoms with Crippen LogP contribution in [0, 0.1) is 23.7 Å². The first-order valence-corrected chi connectivity index (χ1v) is 6.10. The summed E-state index contributed by atoms with van der Waals surface area (Å²) in [7, 11) is 0. The Hall–Kier alpha value is -0.520. The monoisotopic (exact) mass is 190 g/mol. The molecule has 2 bridgehead atoms. The predicted octanol–water partition coefficient (Wildman–Crippen LogP) is 4.19. The molecule has 4 atom stereocenters. The van der Waals surface area contributed by atoms with Crippen molar-refractivity contribution in [3.63, 3.8) is 0 Å². The second kappa shape index (κ2) is 4.33. The highest BCUT2D eigenvalue weighted by atomic mass is 14.4. The third-order valence-corrected chi connectivity index (χ3v) is 4.15. The van der Waals surface area contributed by atoms with E-state index in [1.54, 1.807) is 0 Å². The largest absolute Gasteiger partial charge is 0.0914 e. The van der Waals surface area contributed by atoms with Gasteiger partial charge in [-0.3, -0.25) is 0 Å². The highest BCUT2D eigenvalue weighted by Crippen LogP contribution is 2.49. The fraction of sp³-hybridized carbons (Fsp3) is 0.714. The van der Waals surface area contributed by atoms with Crippen molar-refractivity contribution in [3.05, 3.63) is 24.3 Å². The van der Waals surface area contributed by atoms with Crippen LogP contribution in [-0.2, 0) is 0 Å². The molecule has 0 aromatic carbocycles. The van der Waals surface area contributed by atoms with Gasteiger partial charge < -0.3 is 0 Å². The molecule has 0 saturated heterocycles. The first-order chi connectivity index (χ1) is 6.85. The van der Waals surface area contributed by atoms with Crippen molar-refractivity contribution in [1.29, 1.82) is 0 Å². The van der Waals surface area contributed by atoms with Crippen LogP contribution >= 0.6 is 0 Å². The Morgan fingerprint density at radius 1 is 0.786 bits per heavy atom. The molecule has 0 radical (unpaired) electrons. The molecule has 3 saturated carbocycles. The van der Waals surface area contributed by atoms with Crippen LogP contribution in [0.2, 0.25) is 0 Å². The molecule has 78 valence electrons. The normalized spacial score (nSPS) is 42.7. The molecule has 0 amide bonds. The van der Waals surface area contributed by atoms with E-state index in [-0.39, 0.29) is 0 Å². The molecule has 0 aliphatic heterocycles. The van der Waals surface area contributed by atoms with E-state index >= 15 is 0 Å². The third-order valence-electron chi connectivity index (χ3n) is 4.15. The average molecular weight is 190 g/mol. The zero-order valence-electron chi connectivity index (χ0n) is 9.45. The van der Waals surface area contributed by atoms with Crippen LogP contribution in [0.3, 0.4) is 0 Å². The Kier molecular flexibility index (Phi) is 3.10. The molecule has 0 heteroatoms. The van der Waals surface area contributed by atoms with E-state index in [1.165, 1.54) is 25.7 Å². The lowest BCUT2D eigenvalue weighted by Crippen LogP contribution is -2.36. The van der Waals surface area contributed by atoms with Crippen LogP contribution < -0.4 is 0 Å². The standard InChI is InChI=1S/C14H22/c1-3-5-11-9-14-8-7-13(11)10-12(14)6-4-2/h3-6,11-14H,7-10H2,1-2H3/b5-3+,6-4+. The van der Waals surface area contributed by atoms with E-state index in [9.17, 15) is 0 Å². The first kappa shape index (κ1) is 10.0. The van der Waals surface area contributed by atoms with Crippen molar-refractivity contribution in [2.24, 2.45) is 23.7 Å². The van der Waals surface area contributed by atoms with Gasteiger partial charge in [-0.15, -0.1) is 0 Å². The maximum atomic E-state index is 2.45. The highest BCUT2D eigenvalue weighted by Gasteiger charge is 2.39. The fourth-order valence-electron chi connectivity index (χ4n) is 3.49. The zero-order valence-corrected chi connectivity index (χ0v) is 9.45. The van der Waals surface area contributed by atoms with Crippen LogP contribution in [0.4, 0.5) is 0 Å². The van der Waals surface area contributed by atoms with Crippen LogP contribution in [0.25, 0.3) is 0 Å². The zero-order chi connectivity index (χ0) is 9.97. The summed E-state index contributed by atoms with van der Waals surface area (Å²) in [5, 5.41) is 0. The van der Waals surface area contributed by atoms with Gasteiger partial charge >= 0.3 is 0 Å². The molecule has 4 unspecified atom stereocenters. The van der Waals surface area contributed by atoms with Gasteiger partial charge in [0.2, 0.25) is 0 Å². The lowest BCUT2D eigenvalue weighted by molar-refractivity contribution is 0.0870. The van der Waals surface area contributed by atoms with E-state index in [4.69, 9.17) is 0 Å². The summed E-state index contributed by atoms with van der Waals surface area (Å²) in [6.07, 6.45) is 15.2. The molecule has 0 nitrogen and oxygen atoms in total. The Labute approximate surface area is 88.1 Å². The quantitative estimate of drug-likeness (QED) is 0.573. The van der Waals surface area contributed by atoms with Gasteiger partial charge in [0, 0.05) is 0 Å². The first-order valence-electron chi connectivity index (χ1n) is 6.10. The molecule has 0 N–H and O–H groups in total. The van der Waals surface area contributed by atoms with E-state index in [2.05, 4.69) is 38.2 Å². The molecule has 3 fully saturated rings. The molecule has 0 aromatic rings. The minimum Gasteiger partial charge on any atom is -0.0914 e. The molecular formula is C14H22. The average Bonchev–Trinajstić information content (AvgIpc) is 2.21. The van der Waals surface area contributed by atoms with E-state index in [1.807, 2.05) is 0 Å². The van der Waals surface area contributed by atoms with Gasteiger partial charge in [0.05, 0.1) is 0 Å². The topological polar surface area (TPSA) is 0 Å². The van der Waals surface area contributed by atoms with Gasteiger partial charge in [-0.2, -0.15) is 0 Å². The summed E-state index contributed by atoms with van der Waals surface area (Å²) >= 11 is 0. The van der Waals surface area contributed by atoms with Crippen LogP contribution in [0.15, 0.2) is 24.3 Å². The lowest BCUT2D eigenvalue weighted by Gasteiger charge is -2.45. The molecule has 3 rings (SSSR count). The number of rotatable bonds is 2. The minimum absolute atomic E-state index is 0.903. The maximum absolute atomic E-state index is 2.45. The van der Waals surface area contributed by atoms with Crippen molar-refractivity contribution in [2.75, 3.05) is 0 Å². The molecule has 0 aromatic heterocycles. The van der Waals surface area contributed by atoms with Crippen LogP contribution in [0.1, 0.15) is 39.5 Å². The Balaban J connectivity index is 2.04. The van der Waals surface area contributed by atoms with Crippen molar-refractivity contribution in [2.45, 2.75) is 39.5 Å². The highest BCUT2D eigenvalue weighted by molar-refractivity contribution is 5.04. The maximum Gasteiger partial charge on any atom is -0.0202 e.